The highest BCUT2D eigenvalue weighted by Crippen LogP contribution is 2.16. The van der Waals surface area contributed by atoms with E-state index in [0.717, 1.165) is 63.6 Å². The van der Waals surface area contributed by atoms with Gasteiger partial charge in [-0.25, -0.2) is 4.79 Å². The molecule has 0 aromatic heterocycles. The summed E-state index contributed by atoms with van der Waals surface area (Å²) in [7, 11) is 1.40. The van der Waals surface area contributed by atoms with Gasteiger partial charge in [-0.2, -0.15) is 5.26 Å². The van der Waals surface area contributed by atoms with Crippen LogP contribution in [0.3, 0.4) is 0 Å². The van der Waals surface area contributed by atoms with Gasteiger partial charge in [0, 0.05) is 63.7 Å². The van der Waals surface area contributed by atoms with Gasteiger partial charge in [0.05, 0.1) is 24.3 Å². The molecule has 0 bridgehead atoms. The van der Waals surface area contributed by atoms with Crippen molar-refractivity contribution in [2.45, 2.75) is 0 Å². The maximum absolute atomic E-state index is 11.3. The topological polar surface area (TPSA) is 80.6 Å². The van der Waals surface area contributed by atoms with Gasteiger partial charge in [-0.05, 0) is 48.5 Å². The van der Waals surface area contributed by atoms with E-state index >= 15 is 0 Å². The number of anilines is 2. The molecule has 2 aromatic carbocycles. The van der Waals surface area contributed by atoms with E-state index in [1.54, 1.807) is 0 Å². The van der Waals surface area contributed by atoms with Crippen LogP contribution in [0.15, 0.2) is 48.5 Å². The van der Waals surface area contributed by atoms with Crippen LogP contribution in [0, 0.1) is 11.3 Å². The van der Waals surface area contributed by atoms with Crippen LogP contribution in [0.1, 0.15) is 15.9 Å². The van der Waals surface area contributed by atoms with E-state index in [1.165, 1.54) is 12.8 Å². The number of rotatable bonds is 3. The second kappa shape index (κ2) is 11.2. The first-order chi connectivity index (χ1) is 14.7. The number of nitrogens with one attached hydrogen (secondary N) is 2. The lowest BCUT2D eigenvalue weighted by Crippen LogP contribution is -2.43. The molecule has 0 unspecified atom stereocenters. The number of piperazine rings is 2. The van der Waals surface area contributed by atoms with Crippen LogP contribution in [-0.4, -0.2) is 65.4 Å². The van der Waals surface area contributed by atoms with Gasteiger partial charge < -0.3 is 25.2 Å². The van der Waals surface area contributed by atoms with Crippen molar-refractivity contribution in [1.29, 1.82) is 5.26 Å². The van der Waals surface area contributed by atoms with Gasteiger partial charge >= 0.3 is 5.97 Å². The van der Waals surface area contributed by atoms with E-state index in [9.17, 15) is 4.79 Å². The third-order valence-corrected chi connectivity index (χ3v) is 5.25. The summed E-state index contributed by atoms with van der Waals surface area (Å²) in [5.74, 6) is -0.285. The fourth-order valence-corrected chi connectivity index (χ4v) is 3.52. The molecule has 2 aliphatic heterocycles. The van der Waals surface area contributed by atoms with E-state index in [-0.39, 0.29) is 5.97 Å². The van der Waals surface area contributed by atoms with Gasteiger partial charge in [-0.3, -0.25) is 0 Å². The highest BCUT2D eigenvalue weighted by atomic mass is 16.5. The highest BCUT2D eigenvalue weighted by Gasteiger charge is 2.11. The van der Waals surface area contributed by atoms with Gasteiger partial charge in [-0.15, -0.1) is 0 Å². The lowest BCUT2D eigenvalue weighted by atomic mass is 10.2. The Labute approximate surface area is 178 Å². The first-order valence-corrected chi connectivity index (χ1v) is 10.3. The molecule has 7 nitrogen and oxygen atoms in total. The fourth-order valence-electron chi connectivity index (χ4n) is 3.52. The first kappa shape index (κ1) is 21.6. The molecule has 0 saturated carbocycles. The predicted octanol–water partition coefficient (Wildman–Crippen LogP) is 1.85. The number of ether oxygens (including phenoxy) is 1. The maximum atomic E-state index is 11.3. The standard InChI is InChI=1S/C12H16N2O2.C11H13N3/c1-16-12(15)10-2-4-11(5-3-10)14-8-6-13-7-9-14;12-9-10-1-3-11(4-2-10)14-7-5-13-6-8-14/h2-5,13H,6-9H2,1H3;1-4,13H,5-8H2. The molecule has 0 aliphatic carbocycles. The largest absolute Gasteiger partial charge is 0.465 e. The lowest BCUT2D eigenvalue weighted by Gasteiger charge is -2.29. The normalized spacial score (nSPS) is 16.1. The Morgan fingerprint density at radius 3 is 1.67 bits per heavy atom. The molecule has 2 heterocycles. The Balaban J connectivity index is 0.000000172. The average Bonchev–Trinajstić information content (AvgIpc) is 2.85. The molecule has 4 rings (SSSR count). The molecule has 0 atom stereocenters. The van der Waals surface area contributed by atoms with Crippen LogP contribution in [0.2, 0.25) is 0 Å². The molecular formula is C23H29N5O2. The van der Waals surface area contributed by atoms with Crippen LogP contribution in [0.5, 0.6) is 0 Å². The molecule has 30 heavy (non-hydrogen) atoms. The number of benzene rings is 2. The molecule has 158 valence electrons. The van der Waals surface area contributed by atoms with Crippen molar-refractivity contribution in [3.63, 3.8) is 0 Å². The minimum Gasteiger partial charge on any atom is -0.465 e. The van der Waals surface area contributed by atoms with Gasteiger partial charge in [0.25, 0.3) is 0 Å². The zero-order valence-electron chi connectivity index (χ0n) is 17.4. The molecule has 2 aliphatic rings. The maximum Gasteiger partial charge on any atom is 0.337 e. The number of methoxy groups -OCH3 is 1. The molecule has 0 amide bonds. The van der Waals surface area contributed by atoms with E-state index in [0.29, 0.717) is 5.56 Å². The molecule has 0 radical (unpaired) electrons. The number of hydrogen-bond donors (Lipinski definition) is 2. The number of nitrogens with zero attached hydrogens (tertiary/aromatic N) is 3. The van der Waals surface area contributed by atoms with E-state index < -0.39 is 0 Å². The summed E-state index contributed by atoms with van der Waals surface area (Å²) >= 11 is 0. The number of carbonyl (C=O) groups is 1. The average molecular weight is 408 g/mol. The molecule has 7 heteroatoms. The minimum atomic E-state index is -0.285. The number of carbonyl (C=O) groups excluding carboxylic acids is 1. The highest BCUT2D eigenvalue weighted by molar-refractivity contribution is 5.89. The second-order valence-corrected chi connectivity index (χ2v) is 7.17. The number of esters is 1. The van der Waals surface area contributed by atoms with Crippen molar-refractivity contribution in [3.8, 4) is 6.07 Å². The Morgan fingerprint density at radius 2 is 1.27 bits per heavy atom. The van der Waals surface area contributed by atoms with Crippen molar-refractivity contribution in [2.75, 3.05) is 69.3 Å². The molecule has 2 saturated heterocycles. The van der Waals surface area contributed by atoms with Gasteiger partial charge in [0.1, 0.15) is 0 Å². The zero-order valence-corrected chi connectivity index (χ0v) is 17.4. The zero-order chi connectivity index (χ0) is 21.2. The first-order valence-electron chi connectivity index (χ1n) is 10.3. The van der Waals surface area contributed by atoms with E-state index in [1.807, 2.05) is 48.5 Å². The summed E-state index contributed by atoms with van der Waals surface area (Å²) in [6, 6.07) is 17.5. The quantitative estimate of drug-likeness (QED) is 0.752. The van der Waals surface area contributed by atoms with Gasteiger partial charge in [-0.1, -0.05) is 0 Å². The van der Waals surface area contributed by atoms with Gasteiger partial charge in [0.15, 0.2) is 0 Å². The fraction of sp³-hybridized carbons (Fsp3) is 0.391. The summed E-state index contributed by atoms with van der Waals surface area (Å²) in [5, 5.41) is 15.3. The lowest BCUT2D eigenvalue weighted by molar-refractivity contribution is 0.0600. The number of nitriles is 1. The Kier molecular flexibility index (Phi) is 8.07. The van der Waals surface area contributed by atoms with Crippen LogP contribution in [-0.2, 0) is 4.74 Å². The van der Waals surface area contributed by atoms with Crippen molar-refractivity contribution in [1.82, 2.24) is 10.6 Å². The molecular weight excluding hydrogens is 378 g/mol. The summed E-state index contributed by atoms with van der Waals surface area (Å²) < 4.78 is 4.66. The molecule has 2 fully saturated rings. The Morgan fingerprint density at radius 1 is 0.833 bits per heavy atom. The van der Waals surface area contributed by atoms with Crippen molar-refractivity contribution in [2.24, 2.45) is 0 Å². The monoisotopic (exact) mass is 407 g/mol. The summed E-state index contributed by atoms with van der Waals surface area (Å²) in [6.45, 7) is 8.23. The summed E-state index contributed by atoms with van der Waals surface area (Å²) in [5.41, 5.74) is 3.70. The minimum absolute atomic E-state index is 0.285. The van der Waals surface area contributed by atoms with Crippen molar-refractivity contribution >= 4 is 17.3 Å². The smallest absolute Gasteiger partial charge is 0.337 e. The van der Waals surface area contributed by atoms with E-state index in [2.05, 4.69) is 31.2 Å². The van der Waals surface area contributed by atoms with Crippen LogP contribution < -0.4 is 20.4 Å². The Hall–Kier alpha value is -3.08. The predicted molar refractivity (Wildman–Crippen MR) is 119 cm³/mol. The number of hydrogen-bond acceptors (Lipinski definition) is 7. The summed E-state index contributed by atoms with van der Waals surface area (Å²) in [6.07, 6.45) is 0. The van der Waals surface area contributed by atoms with Crippen LogP contribution in [0.25, 0.3) is 0 Å². The third kappa shape index (κ3) is 5.96. The van der Waals surface area contributed by atoms with E-state index in [4.69, 9.17) is 5.26 Å². The second-order valence-electron chi connectivity index (χ2n) is 7.17. The van der Waals surface area contributed by atoms with Crippen molar-refractivity contribution in [3.05, 3.63) is 59.7 Å². The van der Waals surface area contributed by atoms with Crippen molar-refractivity contribution < 1.29 is 9.53 Å². The summed E-state index contributed by atoms with van der Waals surface area (Å²) in [4.78, 5) is 15.9. The molecule has 2 N–H and O–H groups in total. The van der Waals surface area contributed by atoms with Gasteiger partial charge in [0.2, 0.25) is 0 Å². The molecule has 2 aromatic rings. The Bertz CT molecular complexity index is 833. The van der Waals surface area contributed by atoms with Crippen LogP contribution >= 0.6 is 0 Å². The third-order valence-electron chi connectivity index (χ3n) is 5.25. The SMILES string of the molecule is COC(=O)c1ccc(N2CCNCC2)cc1.N#Cc1ccc(N2CCNCC2)cc1. The molecule has 0 spiro atoms. The van der Waals surface area contributed by atoms with Crippen LogP contribution in [0.4, 0.5) is 11.4 Å².